The van der Waals surface area contributed by atoms with Crippen molar-refractivity contribution in [1.82, 2.24) is 14.8 Å². The average Bonchev–Trinajstić information content (AvgIpc) is 3.31. The Hall–Kier alpha value is -2.21. The van der Waals surface area contributed by atoms with Gasteiger partial charge in [-0.15, -0.1) is 0 Å². The standard InChI is InChI=1S/C21H26FN3O2/c1-24-10-7-16(8-11-24)21(26)25-9-3-6-19(25)20-23-14-18(27-20)13-15-4-2-5-17(22)12-15/h2,4-5,12,14,16,19H,3,6-11,13H2,1H3/t19-/m1/s1. The van der Waals surface area contributed by atoms with Gasteiger partial charge in [0.15, 0.2) is 0 Å². The van der Waals surface area contributed by atoms with E-state index in [0.29, 0.717) is 18.1 Å². The Morgan fingerprint density at radius 3 is 2.85 bits per heavy atom. The Balaban J connectivity index is 1.44. The molecule has 2 aromatic rings. The number of rotatable bonds is 4. The maximum atomic E-state index is 13.4. The molecule has 2 aliphatic heterocycles. The summed E-state index contributed by atoms with van der Waals surface area (Å²) in [7, 11) is 2.10. The number of hydrogen-bond donors (Lipinski definition) is 0. The quantitative estimate of drug-likeness (QED) is 0.826. The van der Waals surface area contributed by atoms with Gasteiger partial charge in [0.25, 0.3) is 0 Å². The number of halogens is 1. The van der Waals surface area contributed by atoms with E-state index in [0.717, 1.165) is 50.9 Å². The van der Waals surface area contributed by atoms with Crippen LogP contribution in [0.25, 0.3) is 0 Å². The van der Waals surface area contributed by atoms with E-state index in [9.17, 15) is 9.18 Å². The van der Waals surface area contributed by atoms with Gasteiger partial charge in [0.1, 0.15) is 17.6 Å². The Kier molecular flexibility index (Phi) is 5.25. The van der Waals surface area contributed by atoms with E-state index in [1.54, 1.807) is 12.3 Å². The number of piperidine rings is 1. The van der Waals surface area contributed by atoms with Crippen LogP contribution in [0.1, 0.15) is 48.9 Å². The molecule has 4 rings (SSSR count). The molecular formula is C21H26FN3O2. The van der Waals surface area contributed by atoms with Crippen LogP contribution < -0.4 is 0 Å². The van der Waals surface area contributed by atoms with Crippen molar-refractivity contribution < 1.29 is 13.6 Å². The lowest BCUT2D eigenvalue weighted by atomic mass is 9.95. The summed E-state index contributed by atoms with van der Waals surface area (Å²) in [5.74, 6) is 1.42. The summed E-state index contributed by atoms with van der Waals surface area (Å²) in [5, 5.41) is 0. The molecular weight excluding hydrogens is 345 g/mol. The molecule has 0 radical (unpaired) electrons. The number of benzene rings is 1. The first-order valence-corrected chi connectivity index (χ1v) is 9.78. The number of carbonyl (C=O) groups is 1. The van der Waals surface area contributed by atoms with Gasteiger partial charge in [-0.25, -0.2) is 9.37 Å². The van der Waals surface area contributed by atoms with Crippen LogP contribution in [0.5, 0.6) is 0 Å². The third-order valence-corrected chi connectivity index (χ3v) is 5.73. The number of aromatic nitrogens is 1. The molecule has 1 aromatic carbocycles. The normalized spacial score (nSPS) is 21.7. The van der Waals surface area contributed by atoms with E-state index in [4.69, 9.17) is 4.42 Å². The predicted molar refractivity (Wildman–Crippen MR) is 99.6 cm³/mol. The van der Waals surface area contributed by atoms with Gasteiger partial charge in [-0.05, 0) is 63.5 Å². The molecule has 5 nitrogen and oxygen atoms in total. The zero-order valence-corrected chi connectivity index (χ0v) is 15.7. The predicted octanol–water partition coefficient (Wildman–Crippen LogP) is 3.41. The summed E-state index contributed by atoms with van der Waals surface area (Å²) in [6.07, 6.45) is 5.92. The van der Waals surface area contributed by atoms with Gasteiger partial charge >= 0.3 is 0 Å². The van der Waals surface area contributed by atoms with Crippen molar-refractivity contribution in [3.8, 4) is 0 Å². The number of nitrogens with zero attached hydrogens (tertiary/aromatic N) is 3. The van der Waals surface area contributed by atoms with Crippen molar-refractivity contribution in [2.24, 2.45) is 5.92 Å². The molecule has 2 saturated heterocycles. The maximum Gasteiger partial charge on any atom is 0.226 e. The van der Waals surface area contributed by atoms with Crippen LogP contribution >= 0.6 is 0 Å². The average molecular weight is 371 g/mol. The summed E-state index contributed by atoms with van der Waals surface area (Å²) in [6, 6.07) is 6.43. The van der Waals surface area contributed by atoms with E-state index in [1.807, 2.05) is 11.0 Å². The summed E-state index contributed by atoms with van der Waals surface area (Å²) in [6.45, 7) is 2.73. The number of carbonyl (C=O) groups excluding carboxylic acids is 1. The Labute approximate surface area is 159 Å². The summed E-state index contributed by atoms with van der Waals surface area (Å²) >= 11 is 0. The largest absolute Gasteiger partial charge is 0.443 e. The molecule has 0 N–H and O–H groups in total. The summed E-state index contributed by atoms with van der Waals surface area (Å²) < 4.78 is 19.3. The van der Waals surface area contributed by atoms with Crippen molar-refractivity contribution in [3.63, 3.8) is 0 Å². The van der Waals surface area contributed by atoms with Crippen molar-refractivity contribution >= 4 is 5.91 Å². The second-order valence-corrected chi connectivity index (χ2v) is 7.74. The van der Waals surface area contributed by atoms with Gasteiger partial charge in [-0.2, -0.15) is 0 Å². The molecule has 1 atom stereocenters. The van der Waals surface area contributed by atoms with Crippen LogP contribution in [0, 0.1) is 11.7 Å². The molecule has 6 heteroatoms. The van der Waals surface area contributed by atoms with E-state index < -0.39 is 0 Å². The smallest absolute Gasteiger partial charge is 0.226 e. The highest BCUT2D eigenvalue weighted by Crippen LogP contribution is 2.34. The fourth-order valence-corrected chi connectivity index (χ4v) is 4.18. The highest BCUT2D eigenvalue weighted by molar-refractivity contribution is 5.79. The molecule has 0 unspecified atom stereocenters. The van der Waals surface area contributed by atoms with Gasteiger partial charge < -0.3 is 14.2 Å². The molecule has 1 aromatic heterocycles. The maximum absolute atomic E-state index is 13.4. The Morgan fingerprint density at radius 2 is 2.07 bits per heavy atom. The minimum absolute atomic E-state index is 0.0709. The van der Waals surface area contributed by atoms with Gasteiger partial charge in [0.2, 0.25) is 11.8 Å². The van der Waals surface area contributed by atoms with Crippen LogP contribution in [0.4, 0.5) is 4.39 Å². The van der Waals surface area contributed by atoms with Crippen LogP contribution in [-0.2, 0) is 11.2 Å². The molecule has 0 saturated carbocycles. The second kappa shape index (κ2) is 7.80. The summed E-state index contributed by atoms with van der Waals surface area (Å²) in [5.41, 5.74) is 0.850. The van der Waals surface area contributed by atoms with E-state index in [1.165, 1.54) is 12.1 Å². The topological polar surface area (TPSA) is 49.6 Å². The fraction of sp³-hybridized carbons (Fsp3) is 0.524. The van der Waals surface area contributed by atoms with Crippen LogP contribution in [0.2, 0.25) is 0 Å². The summed E-state index contributed by atoms with van der Waals surface area (Å²) in [4.78, 5) is 21.7. The van der Waals surface area contributed by atoms with E-state index >= 15 is 0 Å². The van der Waals surface area contributed by atoms with Crippen LogP contribution in [0.15, 0.2) is 34.9 Å². The van der Waals surface area contributed by atoms with Crippen LogP contribution in [0.3, 0.4) is 0 Å². The van der Waals surface area contributed by atoms with Gasteiger partial charge in [-0.1, -0.05) is 12.1 Å². The number of amides is 1. The van der Waals surface area contributed by atoms with Crippen molar-refractivity contribution in [2.75, 3.05) is 26.7 Å². The first-order chi connectivity index (χ1) is 13.1. The number of oxazole rings is 1. The SMILES string of the molecule is CN1CCC(C(=O)N2CCC[C@@H]2c2ncc(Cc3cccc(F)c3)o2)CC1. The second-order valence-electron chi connectivity index (χ2n) is 7.74. The highest BCUT2D eigenvalue weighted by atomic mass is 19.1. The van der Waals surface area contributed by atoms with Crippen molar-refractivity contribution in [1.29, 1.82) is 0 Å². The molecule has 2 fully saturated rings. The van der Waals surface area contributed by atoms with Crippen LogP contribution in [-0.4, -0.2) is 47.4 Å². The van der Waals surface area contributed by atoms with Crippen molar-refractivity contribution in [2.45, 2.75) is 38.1 Å². The monoisotopic (exact) mass is 371 g/mol. The lowest BCUT2D eigenvalue weighted by molar-refractivity contribution is -0.138. The lowest BCUT2D eigenvalue weighted by Crippen LogP contribution is -2.41. The molecule has 144 valence electrons. The van der Waals surface area contributed by atoms with Gasteiger partial charge in [0.05, 0.1) is 6.20 Å². The van der Waals surface area contributed by atoms with E-state index in [-0.39, 0.29) is 23.7 Å². The Morgan fingerprint density at radius 1 is 1.26 bits per heavy atom. The molecule has 0 spiro atoms. The highest BCUT2D eigenvalue weighted by Gasteiger charge is 2.37. The minimum Gasteiger partial charge on any atom is -0.443 e. The zero-order valence-electron chi connectivity index (χ0n) is 15.7. The first kappa shape index (κ1) is 18.2. The number of likely N-dealkylation sites (tertiary alicyclic amines) is 2. The van der Waals surface area contributed by atoms with Gasteiger partial charge in [-0.3, -0.25) is 4.79 Å². The van der Waals surface area contributed by atoms with Gasteiger partial charge in [0, 0.05) is 18.9 Å². The third kappa shape index (κ3) is 4.05. The molecule has 3 heterocycles. The number of hydrogen-bond acceptors (Lipinski definition) is 4. The van der Waals surface area contributed by atoms with E-state index in [2.05, 4.69) is 16.9 Å². The van der Waals surface area contributed by atoms with Crippen molar-refractivity contribution in [3.05, 3.63) is 53.5 Å². The molecule has 2 aliphatic rings. The molecule has 1 amide bonds. The fourth-order valence-electron chi connectivity index (χ4n) is 4.18. The zero-order chi connectivity index (χ0) is 18.8. The molecule has 27 heavy (non-hydrogen) atoms. The molecule has 0 aliphatic carbocycles. The third-order valence-electron chi connectivity index (χ3n) is 5.73. The Bertz CT molecular complexity index is 798. The minimum atomic E-state index is -0.252. The molecule has 0 bridgehead atoms. The lowest BCUT2D eigenvalue weighted by Gasteiger charge is -2.32. The first-order valence-electron chi connectivity index (χ1n) is 9.78.